The van der Waals surface area contributed by atoms with E-state index in [1.54, 1.807) is 44.4 Å². The summed E-state index contributed by atoms with van der Waals surface area (Å²) in [7, 11) is 3.27. The number of hydrogen-bond donors (Lipinski definition) is 0. The van der Waals surface area contributed by atoms with Gasteiger partial charge in [0.25, 0.3) is 5.91 Å². The highest BCUT2D eigenvalue weighted by Gasteiger charge is 2.26. The van der Waals surface area contributed by atoms with Crippen molar-refractivity contribution in [2.24, 2.45) is 0 Å². The summed E-state index contributed by atoms with van der Waals surface area (Å²) in [5.41, 5.74) is 1.08. The monoisotopic (exact) mass is 409 g/mol. The highest BCUT2D eigenvalue weighted by Crippen LogP contribution is 2.21. The maximum atomic E-state index is 12.3. The van der Waals surface area contributed by atoms with Crippen LogP contribution in [0.3, 0.4) is 0 Å². The number of halogens is 1. The number of esters is 1. The lowest BCUT2D eigenvalue weighted by Gasteiger charge is -2.21. The van der Waals surface area contributed by atoms with Gasteiger partial charge in [-0.15, -0.1) is 0 Å². The van der Waals surface area contributed by atoms with Gasteiger partial charge in [0.15, 0.2) is 0 Å². The Morgan fingerprint density at radius 2 is 1.73 bits per heavy atom. The highest BCUT2D eigenvalue weighted by atomic mass is 127. The molecule has 0 aliphatic carbocycles. The van der Waals surface area contributed by atoms with Gasteiger partial charge in [-0.2, -0.15) is 0 Å². The quantitative estimate of drug-likeness (QED) is 0.575. The number of nitrogens with zero attached hydrogens (tertiary/aromatic N) is 1. The lowest BCUT2D eigenvalue weighted by molar-refractivity contribution is -0.138. The lowest BCUT2D eigenvalue weighted by Crippen LogP contribution is -2.31. The van der Waals surface area contributed by atoms with E-state index in [0.717, 1.165) is 3.57 Å². The van der Waals surface area contributed by atoms with Crippen LogP contribution in [0.15, 0.2) is 54.6 Å². The molecule has 22 heavy (non-hydrogen) atoms. The van der Waals surface area contributed by atoms with Gasteiger partial charge in [-0.1, -0.05) is 36.4 Å². The van der Waals surface area contributed by atoms with Crippen LogP contribution in [-0.4, -0.2) is 30.9 Å². The van der Waals surface area contributed by atoms with Crippen molar-refractivity contribution in [3.05, 3.63) is 69.3 Å². The Hall–Kier alpha value is -1.89. The predicted octanol–water partition coefficient (Wildman–Crippen LogP) is 3.28. The first kappa shape index (κ1) is 16.5. The second-order valence-corrected chi connectivity index (χ2v) is 6.18. The molecule has 0 spiro atoms. The third-order valence-corrected chi connectivity index (χ3v) is 3.72. The molecule has 1 amide bonds. The zero-order valence-corrected chi connectivity index (χ0v) is 14.5. The fraction of sp³-hybridized carbons (Fsp3) is 0.176. The van der Waals surface area contributed by atoms with Crippen molar-refractivity contribution in [3.8, 4) is 0 Å². The third kappa shape index (κ3) is 4.07. The average Bonchev–Trinajstić information content (AvgIpc) is 2.52. The number of hydrogen-bond acceptors (Lipinski definition) is 3. The van der Waals surface area contributed by atoms with E-state index >= 15 is 0 Å². The smallest absolute Gasteiger partial charge is 0.339 e. The van der Waals surface area contributed by atoms with Gasteiger partial charge in [-0.25, -0.2) is 4.79 Å². The molecule has 0 saturated heterocycles. The number of carbonyl (C=O) groups is 2. The molecule has 0 aliphatic heterocycles. The Bertz CT molecular complexity index is 671. The molecule has 0 bridgehead atoms. The summed E-state index contributed by atoms with van der Waals surface area (Å²) in [4.78, 5) is 26.1. The molecule has 0 N–H and O–H groups in total. The van der Waals surface area contributed by atoms with E-state index in [4.69, 9.17) is 4.74 Å². The number of carbonyl (C=O) groups excluding carboxylic acids is 2. The van der Waals surface area contributed by atoms with Gasteiger partial charge in [0.2, 0.25) is 6.10 Å². The van der Waals surface area contributed by atoms with Gasteiger partial charge in [0, 0.05) is 23.2 Å². The Morgan fingerprint density at radius 3 is 2.32 bits per heavy atom. The van der Waals surface area contributed by atoms with E-state index in [9.17, 15) is 9.59 Å². The molecular formula is C17H16INO3. The van der Waals surface area contributed by atoms with Gasteiger partial charge in [0.1, 0.15) is 0 Å². The van der Waals surface area contributed by atoms with E-state index in [2.05, 4.69) is 22.6 Å². The van der Waals surface area contributed by atoms with Crippen LogP contribution in [0.5, 0.6) is 0 Å². The number of benzene rings is 2. The minimum Gasteiger partial charge on any atom is -0.444 e. The molecular weight excluding hydrogens is 393 g/mol. The molecule has 0 saturated carbocycles. The predicted molar refractivity (Wildman–Crippen MR) is 92.5 cm³/mol. The number of ether oxygens (including phenoxy) is 1. The van der Waals surface area contributed by atoms with Crippen LogP contribution in [0.1, 0.15) is 22.0 Å². The molecule has 4 nitrogen and oxygen atoms in total. The number of rotatable bonds is 4. The first-order valence-electron chi connectivity index (χ1n) is 6.71. The molecule has 0 aliphatic rings. The molecule has 0 radical (unpaired) electrons. The van der Waals surface area contributed by atoms with Gasteiger partial charge in [0.05, 0.1) is 5.56 Å². The molecule has 2 rings (SSSR count). The molecule has 0 heterocycles. The molecule has 0 unspecified atom stereocenters. The van der Waals surface area contributed by atoms with Crippen LogP contribution < -0.4 is 0 Å². The van der Waals surface area contributed by atoms with Crippen molar-refractivity contribution < 1.29 is 14.3 Å². The zero-order valence-electron chi connectivity index (χ0n) is 12.3. The third-order valence-electron chi connectivity index (χ3n) is 3.05. The van der Waals surface area contributed by atoms with Crippen LogP contribution in [0.4, 0.5) is 0 Å². The van der Waals surface area contributed by atoms with E-state index in [0.29, 0.717) is 11.1 Å². The second kappa shape index (κ2) is 7.40. The summed E-state index contributed by atoms with van der Waals surface area (Å²) in [6, 6.07) is 16.1. The second-order valence-electron chi connectivity index (χ2n) is 4.94. The van der Waals surface area contributed by atoms with Gasteiger partial charge >= 0.3 is 5.97 Å². The fourth-order valence-corrected chi connectivity index (χ4v) is 2.46. The van der Waals surface area contributed by atoms with Crippen LogP contribution in [0, 0.1) is 3.57 Å². The lowest BCUT2D eigenvalue weighted by atomic mass is 10.1. The van der Waals surface area contributed by atoms with Crippen molar-refractivity contribution in [1.29, 1.82) is 0 Å². The molecule has 5 heteroatoms. The summed E-state index contributed by atoms with van der Waals surface area (Å²) in [5, 5.41) is 0. The van der Waals surface area contributed by atoms with E-state index < -0.39 is 12.1 Å². The molecule has 2 aromatic rings. The molecule has 2 aromatic carbocycles. The number of amides is 1. The van der Waals surface area contributed by atoms with Crippen LogP contribution in [-0.2, 0) is 9.53 Å². The first-order valence-corrected chi connectivity index (χ1v) is 7.79. The molecule has 1 atom stereocenters. The summed E-state index contributed by atoms with van der Waals surface area (Å²) in [5.74, 6) is -0.784. The zero-order chi connectivity index (χ0) is 16.1. The van der Waals surface area contributed by atoms with E-state index in [1.807, 2.05) is 24.3 Å². The summed E-state index contributed by atoms with van der Waals surface area (Å²) < 4.78 is 6.40. The standard InChI is InChI=1S/C17H16INO3/c1-19(2)16(20)15(12-7-4-3-5-8-12)22-17(21)13-9-6-10-14(18)11-13/h3-11,15H,1-2H3/t15-/m0/s1. The molecule has 0 fully saturated rings. The first-order chi connectivity index (χ1) is 10.5. The topological polar surface area (TPSA) is 46.6 Å². The SMILES string of the molecule is CN(C)C(=O)[C@@H](OC(=O)c1cccc(I)c1)c1ccccc1. The van der Waals surface area contributed by atoms with Crippen molar-refractivity contribution in [1.82, 2.24) is 4.90 Å². The van der Waals surface area contributed by atoms with E-state index in [1.165, 1.54) is 4.90 Å². The molecule has 0 aromatic heterocycles. The maximum absolute atomic E-state index is 12.3. The van der Waals surface area contributed by atoms with Crippen LogP contribution >= 0.6 is 22.6 Å². The summed E-state index contributed by atoms with van der Waals surface area (Å²) in [6.45, 7) is 0. The minimum atomic E-state index is -0.943. The minimum absolute atomic E-state index is 0.273. The summed E-state index contributed by atoms with van der Waals surface area (Å²) >= 11 is 2.13. The normalized spacial score (nSPS) is 11.6. The van der Waals surface area contributed by atoms with Crippen molar-refractivity contribution in [2.75, 3.05) is 14.1 Å². The highest BCUT2D eigenvalue weighted by molar-refractivity contribution is 14.1. The van der Waals surface area contributed by atoms with Crippen molar-refractivity contribution in [2.45, 2.75) is 6.10 Å². The molecule has 114 valence electrons. The van der Waals surface area contributed by atoms with Gasteiger partial charge in [-0.3, -0.25) is 4.79 Å². The Labute approximate surface area is 143 Å². The van der Waals surface area contributed by atoms with Crippen molar-refractivity contribution >= 4 is 34.5 Å². The van der Waals surface area contributed by atoms with Gasteiger partial charge < -0.3 is 9.64 Å². The van der Waals surface area contributed by atoms with Gasteiger partial charge in [-0.05, 0) is 40.8 Å². The maximum Gasteiger partial charge on any atom is 0.339 e. The number of likely N-dealkylation sites (N-methyl/N-ethyl adjacent to an activating group) is 1. The Kier molecular flexibility index (Phi) is 5.54. The van der Waals surface area contributed by atoms with Crippen LogP contribution in [0.25, 0.3) is 0 Å². The van der Waals surface area contributed by atoms with Crippen molar-refractivity contribution in [3.63, 3.8) is 0 Å². The summed E-state index contributed by atoms with van der Waals surface area (Å²) in [6.07, 6.45) is -0.943. The average molecular weight is 409 g/mol. The Balaban J connectivity index is 2.27. The van der Waals surface area contributed by atoms with E-state index in [-0.39, 0.29) is 5.91 Å². The fourth-order valence-electron chi connectivity index (χ4n) is 1.91. The Morgan fingerprint density at radius 1 is 1.05 bits per heavy atom. The largest absolute Gasteiger partial charge is 0.444 e. The van der Waals surface area contributed by atoms with Crippen LogP contribution in [0.2, 0.25) is 0 Å².